The number of rotatable bonds is 26. The molecule has 0 saturated heterocycles. The molecule has 0 aliphatic heterocycles. The number of aliphatic hydroxyl groups is 3. The number of carbonyl (C=O) groups is 2. The van der Waals surface area contributed by atoms with Crippen molar-refractivity contribution >= 4 is 108 Å². The first-order valence-electron chi connectivity index (χ1n) is 24.6. The second kappa shape index (κ2) is 28.8. The van der Waals surface area contributed by atoms with Gasteiger partial charge in [-0.05, 0) is 83.9 Å². The smallest absolute Gasteiger partial charge is 0.447 e. The molecule has 0 fully saturated rings. The Kier molecular flexibility index (Phi) is 21.5. The van der Waals surface area contributed by atoms with Gasteiger partial charge in [0.25, 0.3) is 20.2 Å². The Hall–Kier alpha value is -8.48. The average Bonchev–Trinajstić information content (AvgIpc) is 3.45. The fourth-order valence-corrected chi connectivity index (χ4v) is 9.19. The summed E-state index contributed by atoms with van der Waals surface area (Å²) in [6.45, 7) is -1.10. The van der Waals surface area contributed by atoms with Crippen LogP contribution >= 0.6 is 0 Å². The van der Waals surface area contributed by atoms with Crippen molar-refractivity contribution in [2.45, 2.75) is 9.79 Å². The van der Waals surface area contributed by atoms with Crippen LogP contribution in [0.1, 0.15) is 27.0 Å². The van der Waals surface area contributed by atoms with Crippen LogP contribution in [-0.2, 0) is 25.0 Å². The quantitative estimate of drug-likeness (QED) is 0.0160. The molecule has 8 aromatic rings. The molecule has 0 atom stereocenters. The third-order valence-electron chi connectivity index (χ3n) is 11.5. The Bertz CT molecular complexity index is 3730. The third kappa shape index (κ3) is 17.3. The molecule has 0 radical (unpaired) electrons. The number of anilines is 11. The number of para-hydroxylation sites is 2. The molecule has 10 N–H and O–H groups in total. The van der Waals surface area contributed by atoms with Crippen molar-refractivity contribution in [3.63, 3.8) is 0 Å². The van der Waals surface area contributed by atoms with Crippen LogP contribution in [0.4, 0.5) is 68.9 Å². The fourth-order valence-electron chi connectivity index (χ4n) is 7.77. The molecule has 6 aromatic carbocycles. The van der Waals surface area contributed by atoms with Gasteiger partial charge in [-0.1, -0.05) is 91.0 Å². The van der Waals surface area contributed by atoms with Gasteiger partial charge in [-0.15, -0.1) is 0 Å². The van der Waals surface area contributed by atoms with Gasteiger partial charge in [0.2, 0.25) is 35.7 Å². The Morgan fingerprint density at radius 2 is 0.829 bits per heavy atom. The predicted octanol–water partition coefficient (Wildman–Crippen LogP) is 3.77. The van der Waals surface area contributed by atoms with Crippen LogP contribution in [0.5, 0.6) is 0 Å². The summed E-state index contributed by atoms with van der Waals surface area (Å²) in [6.07, 6.45) is 1.62. The molecule has 0 unspecified atom stereocenters. The fraction of sp³-hybridized carbons (Fsp3) is 0.148. The number of benzene rings is 6. The molecule has 0 saturated carbocycles. The largest absolute Gasteiger partial charge is 1.00 e. The van der Waals surface area contributed by atoms with E-state index in [0.29, 0.717) is 28.2 Å². The summed E-state index contributed by atoms with van der Waals surface area (Å²) in [4.78, 5) is 54.2. The molecular formula is C54H53N13NaO12S2+. The van der Waals surface area contributed by atoms with E-state index in [9.17, 15) is 50.8 Å². The van der Waals surface area contributed by atoms with Crippen LogP contribution in [0, 0.1) is 0 Å². The summed E-state index contributed by atoms with van der Waals surface area (Å²) in [5.74, 6) is -0.252. The standard InChI is InChI=1S/C54H53N13O12S2.Na/c68-30-26-66(27-31-69)52-62-48(55-40-12-6-2-7-13-40)60-50(64-52)57-43-24-18-36(45(34-43)80(73,74)75)16-17-37-19-25-44(35-46(37)81(76,77)78)58-51-61-49(56-41-14-8-3-9-15-41)63-53(65-51)67(28-32-70)29-33-79-54(72)59-42-22-20-39(21-23-42)47(71)38-10-4-1-5-11-38;/h1-25,34-35,68-70H,26-33H2,(H,59,72)(H,73,74,75)(H,76,77,78)(H2,55,57,60,62,64)(H2,56,58,61,63,65);/q;+1/b17-16+;. The van der Waals surface area contributed by atoms with E-state index in [1.165, 1.54) is 46.2 Å². The maximum atomic E-state index is 13.0. The van der Waals surface area contributed by atoms with E-state index in [1.807, 2.05) is 12.1 Å². The van der Waals surface area contributed by atoms with Gasteiger partial charge >= 0.3 is 35.7 Å². The van der Waals surface area contributed by atoms with Crippen molar-refractivity contribution in [1.29, 1.82) is 0 Å². The Balaban J connectivity index is 0.00000968. The summed E-state index contributed by atoms with van der Waals surface area (Å²) >= 11 is 0. The number of carbonyl (C=O) groups excluding carboxylic acids is 2. The summed E-state index contributed by atoms with van der Waals surface area (Å²) < 4.78 is 78.0. The average molecular weight is 1160 g/mol. The first-order chi connectivity index (χ1) is 39.0. The van der Waals surface area contributed by atoms with Gasteiger partial charge in [-0.2, -0.15) is 46.7 Å². The van der Waals surface area contributed by atoms with Crippen molar-refractivity contribution in [2.24, 2.45) is 0 Å². The maximum Gasteiger partial charge on any atom is 1.00 e. The number of amides is 1. The number of hydrogen-bond donors (Lipinski definition) is 10. The second-order valence-electron chi connectivity index (χ2n) is 17.3. The molecule has 0 aliphatic carbocycles. The van der Waals surface area contributed by atoms with Crippen LogP contribution in [0.15, 0.2) is 161 Å². The molecule has 28 heteroatoms. The molecule has 0 spiro atoms. The Morgan fingerprint density at radius 1 is 0.463 bits per heavy atom. The normalized spacial score (nSPS) is 11.3. The van der Waals surface area contributed by atoms with Crippen molar-refractivity contribution in [2.75, 3.05) is 89.0 Å². The zero-order valence-corrected chi connectivity index (χ0v) is 47.4. The van der Waals surface area contributed by atoms with Gasteiger partial charge in [0.15, 0.2) is 5.78 Å². The number of hydrogen-bond acceptors (Lipinski definition) is 22. The summed E-state index contributed by atoms with van der Waals surface area (Å²) in [6, 6.07) is 40.5. The molecule has 418 valence electrons. The molecule has 0 bridgehead atoms. The van der Waals surface area contributed by atoms with E-state index in [0.717, 1.165) is 12.1 Å². The van der Waals surface area contributed by atoms with Gasteiger partial charge < -0.3 is 51.1 Å². The number of nitrogens with one attached hydrogen (secondary N) is 5. The van der Waals surface area contributed by atoms with Crippen LogP contribution in [0.3, 0.4) is 0 Å². The van der Waals surface area contributed by atoms with E-state index >= 15 is 0 Å². The summed E-state index contributed by atoms with van der Waals surface area (Å²) in [5.41, 5.74) is 2.48. The SMILES string of the molecule is O=C(Nc1ccc(C(=O)c2ccccc2)cc1)OCCN(CCO)c1nc(Nc2ccccc2)nc(Nc2ccc(/C=C/c3ccc(Nc4nc(Nc5ccccc5)nc(N(CCO)CCO)n4)cc3S(=O)(=O)O)c(S(=O)(=O)O)c2)n1.[Na+]. The Morgan fingerprint density at radius 3 is 1.23 bits per heavy atom. The zero-order chi connectivity index (χ0) is 57.4. The van der Waals surface area contributed by atoms with Crippen molar-refractivity contribution in [3.8, 4) is 0 Å². The van der Waals surface area contributed by atoms with E-state index in [-0.39, 0.29) is 146 Å². The molecule has 25 nitrogen and oxygen atoms in total. The molecule has 2 aromatic heterocycles. The summed E-state index contributed by atoms with van der Waals surface area (Å²) in [5, 5.41) is 44.0. The number of aromatic nitrogens is 6. The van der Waals surface area contributed by atoms with Crippen LogP contribution in [0.25, 0.3) is 12.2 Å². The Labute approximate surface area is 493 Å². The van der Waals surface area contributed by atoms with Crippen molar-refractivity contribution in [1.82, 2.24) is 29.9 Å². The molecule has 82 heavy (non-hydrogen) atoms. The van der Waals surface area contributed by atoms with E-state index in [4.69, 9.17) is 4.74 Å². The molecule has 1 amide bonds. The van der Waals surface area contributed by atoms with Crippen LogP contribution in [0.2, 0.25) is 0 Å². The number of aliphatic hydroxyl groups excluding tert-OH is 3. The first kappa shape index (κ1) is 61.1. The van der Waals surface area contributed by atoms with Gasteiger partial charge in [0.05, 0.1) is 26.4 Å². The van der Waals surface area contributed by atoms with E-state index in [1.54, 1.807) is 103 Å². The number of ketones is 1. The molecule has 0 aliphatic rings. The number of ether oxygens (including phenoxy) is 1. The zero-order valence-electron chi connectivity index (χ0n) is 43.7. The molecular weight excluding hydrogens is 1110 g/mol. The monoisotopic (exact) mass is 1160 g/mol. The van der Waals surface area contributed by atoms with Gasteiger partial charge in [-0.25, -0.2) is 4.79 Å². The van der Waals surface area contributed by atoms with Crippen LogP contribution in [-0.4, -0.2) is 136 Å². The number of nitrogens with zero attached hydrogens (tertiary/aromatic N) is 8. The van der Waals surface area contributed by atoms with Gasteiger partial charge in [0.1, 0.15) is 16.4 Å². The minimum absolute atomic E-state index is 0. The third-order valence-corrected chi connectivity index (χ3v) is 13.4. The minimum atomic E-state index is -4.99. The van der Waals surface area contributed by atoms with E-state index < -0.39 is 36.1 Å². The first-order valence-corrected chi connectivity index (χ1v) is 27.5. The maximum absolute atomic E-state index is 13.0. The molecule has 8 rings (SSSR count). The van der Waals surface area contributed by atoms with Crippen LogP contribution < -0.4 is 65.9 Å². The summed E-state index contributed by atoms with van der Waals surface area (Å²) in [7, 11) is -9.95. The van der Waals surface area contributed by atoms with Crippen molar-refractivity contribution in [3.05, 3.63) is 174 Å². The second-order valence-corrected chi connectivity index (χ2v) is 20.0. The van der Waals surface area contributed by atoms with Crippen molar-refractivity contribution < 1.29 is 85.1 Å². The van der Waals surface area contributed by atoms with Gasteiger partial charge in [-0.3, -0.25) is 19.2 Å². The molecule has 2 heterocycles. The minimum Gasteiger partial charge on any atom is -0.447 e. The topological polar surface area (TPSA) is 357 Å². The predicted molar refractivity (Wildman–Crippen MR) is 304 cm³/mol. The van der Waals surface area contributed by atoms with E-state index in [2.05, 4.69) is 56.5 Å². The van der Waals surface area contributed by atoms with Gasteiger partial charge in [0, 0.05) is 59.2 Å².